The van der Waals surface area contributed by atoms with E-state index in [-0.39, 0.29) is 0 Å². The van der Waals surface area contributed by atoms with E-state index in [1.807, 2.05) is 0 Å². The molecular weight excluding hydrogens is 184 g/mol. The van der Waals surface area contributed by atoms with Crippen molar-refractivity contribution < 1.29 is 4.74 Å². The molecule has 0 aliphatic carbocycles. The molecule has 1 nitrogen and oxygen atoms in total. The molecule has 1 rings (SSSR count). The summed E-state index contributed by atoms with van der Waals surface area (Å²) in [5.74, 6) is 0.922. The van der Waals surface area contributed by atoms with E-state index in [4.69, 9.17) is 4.74 Å². The van der Waals surface area contributed by atoms with Gasteiger partial charge in [0.2, 0.25) is 0 Å². The monoisotopic (exact) mass is 212 g/mol. The molecule has 1 aliphatic rings. The maximum atomic E-state index is 5.68. The van der Waals surface area contributed by atoms with Crippen molar-refractivity contribution in [1.29, 1.82) is 0 Å². The molecule has 1 fully saturated rings. The predicted octanol–water partition coefficient (Wildman–Crippen LogP) is 4.55. The van der Waals surface area contributed by atoms with Crippen molar-refractivity contribution in [3.05, 3.63) is 0 Å². The van der Waals surface area contributed by atoms with Crippen LogP contribution in [-0.2, 0) is 4.74 Å². The van der Waals surface area contributed by atoms with E-state index in [1.54, 1.807) is 0 Å². The average molecular weight is 212 g/mol. The minimum Gasteiger partial charge on any atom is -0.381 e. The highest BCUT2D eigenvalue weighted by molar-refractivity contribution is 4.58. The van der Waals surface area contributed by atoms with Crippen LogP contribution in [0.15, 0.2) is 0 Å². The number of rotatable bonds is 1. The number of hydrogen-bond acceptors (Lipinski definition) is 1. The molecule has 0 aromatic carbocycles. The largest absolute Gasteiger partial charge is 0.381 e. The van der Waals surface area contributed by atoms with E-state index < -0.39 is 0 Å². The molecule has 1 atom stereocenters. The second kappa shape index (κ2) is 9.21. The molecule has 0 saturated carbocycles. The van der Waals surface area contributed by atoms with Gasteiger partial charge in [0.1, 0.15) is 0 Å². The molecule has 0 aromatic heterocycles. The highest BCUT2D eigenvalue weighted by atomic mass is 16.5. The number of hydrogen-bond donors (Lipinski definition) is 0. The second-order valence-corrected chi connectivity index (χ2v) is 4.94. The van der Waals surface area contributed by atoms with E-state index in [1.165, 1.54) is 64.2 Å². The van der Waals surface area contributed by atoms with E-state index in [0.29, 0.717) is 0 Å². The number of ether oxygens (including phenoxy) is 1. The van der Waals surface area contributed by atoms with Gasteiger partial charge in [0.25, 0.3) is 0 Å². The Bertz CT molecular complexity index is 119. The Morgan fingerprint density at radius 3 is 2.20 bits per heavy atom. The Kier molecular flexibility index (Phi) is 7.99. The standard InChI is InChI=1S/C14H28O/c1-2-14-10-8-6-4-3-5-7-9-12-15-13-11-14/h14H,2-13H2,1H3. The van der Waals surface area contributed by atoms with Crippen molar-refractivity contribution in [1.82, 2.24) is 0 Å². The van der Waals surface area contributed by atoms with Crippen molar-refractivity contribution in [2.45, 2.75) is 71.1 Å². The van der Waals surface area contributed by atoms with Crippen LogP contribution in [0.25, 0.3) is 0 Å². The van der Waals surface area contributed by atoms with Gasteiger partial charge in [0.05, 0.1) is 0 Å². The first-order valence-electron chi connectivity index (χ1n) is 7.01. The van der Waals surface area contributed by atoms with Crippen molar-refractivity contribution in [2.24, 2.45) is 5.92 Å². The zero-order valence-corrected chi connectivity index (χ0v) is 10.5. The molecule has 1 unspecified atom stereocenters. The van der Waals surface area contributed by atoms with Crippen LogP contribution >= 0.6 is 0 Å². The van der Waals surface area contributed by atoms with Crippen molar-refractivity contribution in [3.63, 3.8) is 0 Å². The molecule has 0 radical (unpaired) electrons. The fraction of sp³-hybridized carbons (Fsp3) is 1.00. The molecule has 1 heteroatoms. The van der Waals surface area contributed by atoms with E-state index >= 15 is 0 Å². The van der Waals surface area contributed by atoms with Crippen LogP contribution in [0.1, 0.15) is 71.1 Å². The quantitative estimate of drug-likeness (QED) is 0.619. The third-order valence-corrected chi connectivity index (χ3v) is 3.65. The summed E-state index contributed by atoms with van der Waals surface area (Å²) < 4.78 is 5.68. The van der Waals surface area contributed by atoms with Crippen LogP contribution < -0.4 is 0 Å². The molecule has 1 heterocycles. The van der Waals surface area contributed by atoms with Gasteiger partial charge in [-0.2, -0.15) is 0 Å². The van der Waals surface area contributed by atoms with Gasteiger partial charge in [-0.05, 0) is 18.8 Å². The topological polar surface area (TPSA) is 9.23 Å². The molecule has 0 spiro atoms. The first kappa shape index (κ1) is 13.0. The summed E-state index contributed by atoms with van der Waals surface area (Å²) in [5, 5.41) is 0. The minimum atomic E-state index is 0.922. The smallest absolute Gasteiger partial charge is 0.0468 e. The lowest BCUT2D eigenvalue weighted by Crippen LogP contribution is -2.05. The van der Waals surface area contributed by atoms with Crippen LogP contribution in [0, 0.1) is 5.92 Å². The average Bonchev–Trinajstić information content (AvgIpc) is 2.29. The summed E-state index contributed by atoms with van der Waals surface area (Å²) in [4.78, 5) is 0. The van der Waals surface area contributed by atoms with Gasteiger partial charge in [0.15, 0.2) is 0 Å². The lowest BCUT2D eigenvalue weighted by molar-refractivity contribution is 0.114. The van der Waals surface area contributed by atoms with Gasteiger partial charge >= 0.3 is 0 Å². The van der Waals surface area contributed by atoms with E-state index in [0.717, 1.165) is 19.1 Å². The third kappa shape index (κ3) is 6.94. The third-order valence-electron chi connectivity index (χ3n) is 3.65. The summed E-state index contributed by atoms with van der Waals surface area (Å²) in [5.41, 5.74) is 0. The van der Waals surface area contributed by atoms with Crippen LogP contribution in [0.5, 0.6) is 0 Å². The maximum absolute atomic E-state index is 5.68. The zero-order valence-electron chi connectivity index (χ0n) is 10.5. The highest BCUT2D eigenvalue weighted by Gasteiger charge is 2.06. The van der Waals surface area contributed by atoms with Gasteiger partial charge in [-0.25, -0.2) is 0 Å². The summed E-state index contributed by atoms with van der Waals surface area (Å²) in [7, 11) is 0. The molecule has 15 heavy (non-hydrogen) atoms. The van der Waals surface area contributed by atoms with Gasteiger partial charge in [-0.1, -0.05) is 58.3 Å². The Hall–Kier alpha value is -0.0400. The zero-order chi connectivity index (χ0) is 10.8. The molecular formula is C14H28O. The Morgan fingerprint density at radius 2 is 1.47 bits per heavy atom. The molecule has 0 aromatic rings. The maximum Gasteiger partial charge on any atom is 0.0468 e. The van der Waals surface area contributed by atoms with Gasteiger partial charge < -0.3 is 4.74 Å². The van der Waals surface area contributed by atoms with Gasteiger partial charge in [-0.3, -0.25) is 0 Å². The van der Waals surface area contributed by atoms with Crippen molar-refractivity contribution in [3.8, 4) is 0 Å². The van der Waals surface area contributed by atoms with Crippen LogP contribution in [0.2, 0.25) is 0 Å². The normalized spacial score (nSPS) is 27.4. The fourth-order valence-corrected chi connectivity index (χ4v) is 2.43. The fourth-order valence-electron chi connectivity index (χ4n) is 2.43. The lowest BCUT2D eigenvalue weighted by Gasteiger charge is -2.14. The molecule has 0 amide bonds. The molecule has 90 valence electrons. The highest BCUT2D eigenvalue weighted by Crippen LogP contribution is 2.19. The minimum absolute atomic E-state index is 0.922. The van der Waals surface area contributed by atoms with Crippen LogP contribution in [0.4, 0.5) is 0 Å². The first-order valence-corrected chi connectivity index (χ1v) is 7.01. The molecule has 0 N–H and O–H groups in total. The molecule has 1 aliphatic heterocycles. The lowest BCUT2D eigenvalue weighted by atomic mass is 9.95. The Morgan fingerprint density at radius 1 is 0.800 bits per heavy atom. The predicted molar refractivity (Wildman–Crippen MR) is 66.2 cm³/mol. The SMILES string of the molecule is CCC1CCCCCCCCCOCC1. The Labute approximate surface area is 95.6 Å². The summed E-state index contributed by atoms with van der Waals surface area (Å²) in [6.45, 7) is 4.32. The van der Waals surface area contributed by atoms with Crippen LogP contribution in [-0.4, -0.2) is 13.2 Å². The first-order chi connectivity index (χ1) is 7.43. The van der Waals surface area contributed by atoms with Gasteiger partial charge in [0, 0.05) is 13.2 Å². The molecule has 0 bridgehead atoms. The van der Waals surface area contributed by atoms with Crippen molar-refractivity contribution in [2.75, 3.05) is 13.2 Å². The molecule has 1 saturated heterocycles. The summed E-state index contributed by atoms with van der Waals surface area (Å²) in [6, 6.07) is 0. The van der Waals surface area contributed by atoms with E-state index in [9.17, 15) is 0 Å². The summed E-state index contributed by atoms with van der Waals surface area (Å²) >= 11 is 0. The van der Waals surface area contributed by atoms with Crippen LogP contribution in [0.3, 0.4) is 0 Å². The Balaban J connectivity index is 2.17. The van der Waals surface area contributed by atoms with E-state index in [2.05, 4.69) is 6.92 Å². The van der Waals surface area contributed by atoms with Crippen molar-refractivity contribution >= 4 is 0 Å². The second-order valence-electron chi connectivity index (χ2n) is 4.94. The summed E-state index contributed by atoms with van der Waals surface area (Å²) in [6.07, 6.45) is 13.9. The van der Waals surface area contributed by atoms with Gasteiger partial charge in [-0.15, -0.1) is 0 Å².